The number of aliphatic hydroxyl groups excluding tert-OH is 1. The Labute approximate surface area is 219 Å². The Morgan fingerprint density at radius 3 is 2.47 bits per heavy atom. The summed E-state index contributed by atoms with van der Waals surface area (Å²) in [6, 6.07) is 15.3. The third-order valence-corrected chi connectivity index (χ3v) is 6.54. The predicted octanol–water partition coefficient (Wildman–Crippen LogP) is 5.34. The van der Waals surface area contributed by atoms with Gasteiger partial charge in [0, 0.05) is 18.5 Å². The molecule has 0 spiro atoms. The van der Waals surface area contributed by atoms with Gasteiger partial charge in [-0.05, 0) is 16.7 Å². The van der Waals surface area contributed by atoms with Crippen molar-refractivity contribution in [3.8, 4) is 0 Å². The molecule has 1 aliphatic rings. The molecule has 10 heteroatoms. The second-order valence-electron chi connectivity index (χ2n) is 8.31. The van der Waals surface area contributed by atoms with Gasteiger partial charge >= 0.3 is 6.09 Å². The first-order valence-corrected chi connectivity index (χ1v) is 12.2. The van der Waals surface area contributed by atoms with Gasteiger partial charge in [-0.15, -0.1) is 0 Å². The average molecular weight is 532 g/mol. The number of carbonyl (C=O) groups is 1. The predicted molar refractivity (Wildman–Crippen MR) is 135 cm³/mol. The summed E-state index contributed by atoms with van der Waals surface area (Å²) in [5, 5.41) is 12.7. The summed E-state index contributed by atoms with van der Waals surface area (Å²) in [6.07, 6.45) is 2.10. The Kier molecular flexibility index (Phi) is 9.01. The van der Waals surface area contributed by atoms with Crippen LogP contribution in [0.3, 0.4) is 0 Å². The molecule has 1 fully saturated rings. The zero-order valence-electron chi connectivity index (χ0n) is 19.5. The number of alkyl carbamates (subject to hydrolysis) is 1. The van der Waals surface area contributed by atoms with E-state index in [1.165, 1.54) is 6.08 Å². The SMILES string of the molecule is C=CCOC(=O)NCc1ccc([C@@H]2O[C@H](Cn3cnc(Cl)c3Cl)C[C@H](c3ccc(CO)cc3)O2)cc1. The Balaban J connectivity index is 1.49. The maximum atomic E-state index is 11.7. The number of hydrogen-bond acceptors (Lipinski definition) is 6. The van der Waals surface area contributed by atoms with E-state index >= 15 is 0 Å². The Morgan fingerprint density at radius 2 is 1.83 bits per heavy atom. The summed E-state index contributed by atoms with van der Waals surface area (Å²) >= 11 is 12.3. The highest BCUT2D eigenvalue weighted by Gasteiger charge is 2.32. The number of amides is 1. The van der Waals surface area contributed by atoms with Gasteiger partial charge in [0.25, 0.3) is 0 Å². The summed E-state index contributed by atoms with van der Waals surface area (Å²) in [5.41, 5.74) is 3.55. The molecule has 190 valence electrons. The molecule has 0 radical (unpaired) electrons. The van der Waals surface area contributed by atoms with Crippen molar-refractivity contribution in [3.63, 3.8) is 0 Å². The second-order valence-corrected chi connectivity index (χ2v) is 9.03. The van der Waals surface area contributed by atoms with E-state index in [0.29, 0.717) is 24.7 Å². The highest BCUT2D eigenvalue weighted by atomic mass is 35.5. The molecule has 3 aromatic rings. The van der Waals surface area contributed by atoms with Gasteiger partial charge in [-0.3, -0.25) is 0 Å². The standard InChI is InChI=1S/C26H27Cl2N3O5/c1-2-11-34-26(33)29-13-17-3-9-20(10-4-17)25-35-21(14-31-16-30-23(27)24(31)28)12-22(36-25)19-7-5-18(15-32)6-8-19/h2-10,16,21-22,25,32H,1,11-15H2,(H,29,33)/t21-,22+,25+/m0/s1. The summed E-state index contributed by atoms with van der Waals surface area (Å²) in [6.45, 7) is 4.43. The van der Waals surface area contributed by atoms with Gasteiger partial charge in [-0.2, -0.15) is 0 Å². The molecule has 4 rings (SSSR count). The molecule has 1 amide bonds. The molecule has 8 nitrogen and oxygen atoms in total. The monoisotopic (exact) mass is 531 g/mol. The minimum absolute atomic E-state index is 0.0206. The Hall–Kier alpha value is -2.88. The van der Waals surface area contributed by atoms with Crippen LogP contribution in [0.2, 0.25) is 10.3 Å². The van der Waals surface area contributed by atoms with E-state index in [0.717, 1.165) is 22.3 Å². The lowest BCUT2D eigenvalue weighted by molar-refractivity contribution is -0.252. The molecule has 1 aromatic heterocycles. The number of nitrogens with zero attached hydrogens (tertiary/aromatic N) is 2. The van der Waals surface area contributed by atoms with Gasteiger partial charge in [-0.25, -0.2) is 9.78 Å². The maximum absolute atomic E-state index is 11.7. The number of nitrogens with one attached hydrogen (secondary N) is 1. The highest BCUT2D eigenvalue weighted by Crippen LogP contribution is 2.38. The van der Waals surface area contributed by atoms with E-state index in [9.17, 15) is 9.90 Å². The number of ether oxygens (including phenoxy) is 3. The van der Waals surface area contributed by atoms with E-state index in [4.69, 9.17) is 37.4 Å². The van der Waals surface area contributed by atoms with Crippen LogP contribution < -0.4 is 5.32 Å². The number of hydrogen-bond donors (Lipinski definition) is 2. The van der Waals surface area contributed by atoms with Crippen molar-refractivity contribution in [1.82, 2.24) is 14.9 Å². The first-order valence-electron chi connectivity index (χ1n) is 11.4. The third kappa shape index (κ3) is 6.66. The normalized spacial score (nSPS) is 19.6. The van der Waals surface area contributed by atoms with Crippen LogP contribution in [0.15, 0.2) is 67.5 Å². The number of rotatable bonds is 9. The highest BCUT2D eigenvalue weighted by molar-refractivity contribution is 6.40. The number of aromatic nitrogens is 2. The van der Waals surface area contributed by atoms with Gasteiger partial charge in [0.05, 0.1) is 31.7 Å². The van der Waals surface area contributed by atoms with Crippen LogP contribution in [0, 0.1) is 0 Å². The van der Waals surface area contributed by atoms with E-state index in [1.54, 1.807) is 10.9 Å². The van der Waals surface area contributed by atoms with E-state index < -0.39 is 12.4 Å². The smallest absolute Gasteiger partial charge is 0.407 e. The minimum atomic E-state index is -0.622. The quantitative estimate of drug-likeness (QED) is 0.362. The Morgan fingerprint density at radius 1 is 1.14 bits per heavy atom. The number of carbonyl (C=O) groups excluding carboxylic acids is 1. The van der Waals surface area contributed by atoms with Crippen LogP contribution in [0.4, 0.5) is 4.79 Å². The molecule has 36 heavy (non-hydrogen) atoms. The molecule has 2 heterocycles. The van der Waals surface area contributed by atoms with Crippen molar-refractivity contribution >= 4 is 29.3 Å². The molecular formula is C26H27Cl2N3O5. The van der Waals surface area contributed by atoms with Crippen LogP contribution in [0.1, 0.15) is 41.1 Å². The van der Waals surface area contributed by atoms with Crippen molar-refractivity contribution in [3.05, 3.63) is 100 Å². The molecule has 1 aliphatic heterocycles. The summed E-state index contributed by atoms with van der Waals surface area (Å²) in [7, 11) is 0. The molecule has 2 aromatic carbocycles. The van der Waals surface area contributed by atoms with Crippen molar-refractivity contribution in [2.45, 2.75) is 44.6 Å². The molecular weight excluding hydrogens is 505 g/mol. The second kappa shape index (κ2) is 12.4. The van der Waals surface area contributed by atoms with Crippen LogP contribution in [0.5, 0.6) is 0 Å². The van der Waals surface area contributed by atoms with Gasteiger partial charge < -0.3 is 29.2 Å². The van der Waals surface area contributed by atoms with Gasteiger partial charge in [0.2, 0.25) is 0 Å². The van der Waals surface area contributed by atoms with E-state index in [-0.39, 0.29) is 30.6 Å². The Bertz CT molecular complexity index is 1170. The molecule has 0 unspecified atom stereocenters. The first kappa shape index (κ1) is 26.2. The zero-order chi connectivity index (χ0) is 25.5. The van der Waals surface area contributed by atoms with E-state index in [1.807, 2.05) is 48.5 Å². The molecule has 1 saturated heterocycles. The molecule has 0 bridgehead atoms. The molecule has 0 saturated carbocycles. The van der Waals surface area contributed by atoms with Crippen molar-refractivity contribution in [2.75, 3.05) is 6.61 Å². The number of imidazole rings is 1. The van der Waals surface area contributed by atoms with Crippen molar-refractivity contribution < 1.29 is 24.1 Å². The van der Waals surface area contributed by atoms with Crippen LogP contribution in [-0.2, 0) is 33.9 Å². The average Bonchev–Trinajstić information content (AvgIpc) is 3.23. The van der Waals surface area contributed by atoms with Crippen LogP contribution in [0.25, 0.3) is 0 Å². The van der Waals surface area contributed by atoms with Gasteiger partial charge in [0.15, 0.2) is 11.4 Å². The van der Waals surface area contributed by atoms with E-state index in [2.05, 4.69) is 16.9 Å². The largest absolute Gasteiger partial charge is 0.445 e. The summed E-state index contributed by atoms with van der Waals surface area (Å²) < 4.78 is 19.3. The van der Waals surface area contributed by atoms with Crippen LogP contribution in [-0.4, -0.2) is 33.5 Å². The number of halogens is 2. The van der Waals surface area contributed by atoms with Crippen molar-refractivity contribution in [2.24, 2.45) is 0 Å². The first-order chi connectivity index (χ1) is 17.5. The fraction of sp³-hybridized carbons (Fsp3) is 0.308. The fourth-order valence-electron chi connectivity index (χ4n) is 3.88. The van der Waals surface area contributed by atoms with Crippen LogP contribution >= 0.6 is 23.2 Å². The molecule has 3 atom stereocenters. The number of benzene rings is 2. The fourth-order valence-corrected chi connectivity index (χ4v) is 4.19. The molecule has 0 aliphatic carbocycles. The maximum Gasteiger partial charge on any atom is 0.407 e. The van der Waals surface area contributed by atoms with Crippen molar-refractivity contribution in [1.29, 1.82) is 0 Å². The lowest BCUT2D eigenvalue weighted by Gasteiger charge is -2.36. The lowest BCUT2D eigenvalue weighted by atomic mass is 10.00. The lowest BCUT2D eigenvalue weighted by Crippen LogP contribution is -2.32. The van der Waals surface area contributed by atoms with Gasteiger partial charge in [-0.1, -0.05) is 84.4 Å². The third-order valence-electron chi connectivity index (χ3n) is 5.77. The minimum Gasteiger partial charge on any atom is -0.445 e. The number of aliphatic hydroxyl groups is 1. The topological polar surface area (TPSA) is 94.8 Å². The summed E-state index contributed by atoms with van der Waals surface area (Å²) in [4.78, 5) is 15.7. The molecule has 2 N–H and O–H groups in total. The van der Waals surface area contributed by atoms with Gasteiger partial charge in [0.1, 0.15) is 11.8 Å². The zero-order valence-corrected chi connectivity index (χ0v) is 21.0. The summed E-state index contributed by atoms with van der Waals surface area (Å²) in [5.74, 6) is 0.